The molecule has 0 unspecified atom stereocenters. The molecule has 0 atom stereocenters. The number of sulfonamides is 2. The van der Waals surface area contributed by atoms with Gasteiger partial charge >= 0.3 is 0 Å². The summed E-state index contributed by atoms with van der Waals surface area (Å²) in [5, 5.41) is 0. The first-order chi connectivity index (χ1) is 19.6. The van der Waals surface area contributed by atoms with Crippen LogP contribution in [0.15, 0.2) is 58.3 Å². The molecule has 1 aliphatic heterocycles. The van der Waals surface area contributed by atoms with E-state index in [1.807, 2.05) is 38.1 Å². The van der Waals surface area contributed by atoms with Gasteiger partial charge in [0.2, 0.25) is 20.0 Å². The average Bonchev–Trinajstić information content (AvgIpc) is 3.71. The van der Waals surface area contributed by atoms with Gasteiger partial charge in [0.25, 0.3) is 0 Å². The number of benzene rings is 2. The van der Waals surface area contributed by atoms with Crippen molar-refractivity contribution in [2.24, 2.45) is 11.3 Å². The molecule has 5 rings (SSSR count). The summed E-state index contributed by atoms with van der Waals surface area (Å²) in [6.45, 7) is 8.49. The van der Waals surface area contributed by atoms with E-state index in [0.29, 0.717) is 41.9 Å². The standard InChI is InChI=1S/C32H47N3O4S2/c1-27-10-14-30(15-11-27)40(36,37)34-22-6-20-33(24-29-8-4-3-5-9-29)21-7-23-35(26-32(25-34)18-19-32)41(38,39)31-16-12-28(2)13-17-31/h10-17,29H,3-9,18-26H2,1-2H3/p+1. The molecule has 1 N–H and O–H groups in total. The molecule has 0 aromatic heterocycles. The van der Waals surface area contributed by atoms with Crippen LogP contribution in [0.5, 0.6) is 0 Å². The van der Waals surface area contributed by atoms with Gasteiger partial charge in [0.1, 0.15) is 0 Å². The largest absolute Gasteiger partial charge is 0.335 e. The highest BCUT2D eigenvalue weighted by molar-refractivity contribution is 7.89. The van der Waals surface area contributed by atoms with Crippen LogP contribution in [-0.2, 0) is 20.0 Å². The van der Waals surface area contributed by atoms with Gasteiger partial charge in [0.15, 0.2) is 0 Å². The topological polar surface area (TPSA) is 79.2 Å². The molecule has 2 aliphatic carbocycles. The van der Waals surface area contributed by atoms with Gasteiger partial charge in [-0.05, 0) is 69.2 Å². The Morgan fingerprint density at radius 3 is 1.54 bits per heavy atom. The second-order valence-electron chi connectivity index (χ2n) is 13.0. The molecule has 2 saturated carbocycles. The molecule has 0 bridgehead atoms. The molecular weight excluding hydrogens is 555 g/mol. The monoisotopic (exact) mass is 602 g/mol. The fourth-order valence-electron chi connectivity index (χ4n) is 6.72. The van der Waals surface area contributed by atoms with Crippen molar-refractivity contribution in [3.8, 4) is 0 Å². The fourth-order valence-corrected chi connectivity index (χ4v) is 9.90. The minimum Gasteiger partial charge on any atom is -0.335 e. The highest BCUT2D eigenvalue weighted by Gasteiger charge is 2.49. The summed E-state index contributed by atoms with van der Waals surface area (Å²) in [6, 6.07) is 14.2. The zero-order valence-corrected chi connectivity index (χ0v) is 26.5. The summed E-state index contributed by atoms with van der Waals surface area (Å²) in [5.74, 6) is 0.709. The summed E-state index contributed by atoms with van der Waals surface area (Å²) in [5.41, 5.74) is 1.70. The minimum absolute atomic E-state index is 0.321. The second kappa shape index (κ2) is 12.8. The van der Waals surface area contributed by atoms with Crippen molar-refractivity contribution < 1.29 is 21.7 Å². The van der Waals surface area contributed by atoms with Gasteiger partial charge in [0, 0.05) is 44.9 Å². The minimum atomic E-state index is -3.70. The van der Waals surface area contributed by atoms with E-state index in [9.17, 15) is 16.8 Å². The van der Waals surface area contributed by atoms with Crippen molar-refractivity contribution in [2.45, 2.75) is 81.4 Å². The number of nitrogens with zero attached hydrogens (tertiary/aromatic N) is 2. The van der Waals surface area contributed by atoms with E-state index in [2.05, 4.69) is 0 Å². The van der Waals surface area contributed by atoms with Crippen LogP contribution < -0.4 is 4.90 Å². The quantitative estimate of drug-likeness (QED) is 0.542. The van der Waals surface area contributed by atoms with E-state index in [1.165, 1.54) is 37.0 Å². The maximum absolute atomic E-state index is 13.9. The number of hydrogen-bond acceptors (Lipinski definition) is 4. The Hall–Kier alpha value is -1.78. The maximum Gasteiger partial charge on any atom is 0.243 e. The Morgan fingerprint density at radius 2 is 1.12 bits per heavy atom. The van der Waals surface area contributed by atoms with E-state index < -0.39 is 20.0 Å². The molecule has 3 aliphatic rings. The molecule has 9 heteroatoms. The Labute approximate surface area is 248 Å². The molecule has 2 aromatic carbocycles. The van der Waals surface area contributed by atoms with E-state index in [-0.39, 0.29) is 5.41 Å². The van der Waals surface area contributed by atoms with Gasteiger partial charge in [-0.25, -0.2) is 16.8 Å². The number of hydrogen-bond donors (Lipinski definition) is 1. The smallest absolute Gasteiger partial charge is 0.243 e. The van der Waals surface area contributed by atoms with E-state index in [1.54, 1.807) is 32.9 Å². The first-order valence-corrected chi connectivity index (χ1v) is 18.4. The van der Waals surface area contributed by atoms with Crippen LogP contribution in [0, 0.1) is 25.2 Å². The van der Waals surface area contributed by atoms with Gasteiger partial charge in [-0.3, -0.25) is 0 Å². The van der Waals surface area contributed by atoms with Crippen molar-refractivity contribution in [2.75, 3.05) is 45.8 Å². The normalized spacial score (nSPS) is 22.7. The summed E-state index contributed by atoms with van der Waals surface area (Å²) in [4.78, 5) is 2.13. The zero-order valence-electron chi connectivity index (χ0n) is 24.9. The molecule has 2 aromatic rings. The van der Waals surface area contributed by atoms with Crippen LogP contribution in [-0.4, -0.2) is 71.3 Å². The van der Waals surface area contributed by atoms with E-state index in [4.69, 9.17) is 0 Å². The van der Waals surface area contributed by atoms with E-state index >= 15 is 0 Å². The first-order valence-electron chi connectivity index (χ1n) is 15.5. The molecule has 1 heterocycles. The molecule has 3 fully saturated rings. The number of rotatable bonds is 6. The highest BCUT2D eigenvalue weighted by atomic mass is 32.2. The Kier molecular flexibility index (Phi) is 9.60. The Morgan fingerprint density at radius 1 is 0.683 bits per heavy atom. The van der Waals surface area contributed by atoms with Crippen molar-refractivity contribution in [3.63, 3.8) is 0 Å². The van der Waals surface area contributed by atoms with Gasteiger partial charge in [-0.15, -0.1) is 0 Å². The molecular formula is C32H48N3O4S2+. The lowest BCUT2D eigenvalue weighted by molar-refractivity contribution is -0.904. The molecule has 0 radical (unpaired) electrons. The number of quaternary nitrogens is 1. The zero-order chi connectivity index (χ0) is 29.1. The van der Waals surface area contributed by atoms with E-state index in [0.717, 1.165) is 56.4 Å². The second-order valence-corrected chi connectivity index (χ2v) is 16.8. The lowest BCUT2D eigenvalue weighted by atomic mass is 9.89. The predicted molar refractivity (Wildman–Crippen MR) is 163 cm³/mol. The lowest BCUT2D eigenvalue weighted by Gasteiger charge is -2.33. The summed E-state index contributed by atoms with van der Waals surface area (Å²) < 4.78 is 59.1. The fraction of sp³-hybridized carbons (Fsp3) is 0.625. The third kappa shape index (κ3) is 7.60. The number of nitrogens with one attached hydrogen (secondary N) is 1. The van der Waals surface area contributed by atoms with Crippen LogP contribution >= 0.6 is 0 Å². The Balaban J connectivity index is 1.43. The van der Waals surface area contributed by atoms with Gasteiger partial charge in [-0.1, -0.05) is 54.7 Å². The van der Waals surface area contributed by atoms with Crippen LogP contribution in [0.1, 0.15) is 68.9 Å². The van der Waals surface area contributed by atoms with Crippen molar-refractivity contribution >= 4 is 20.0 Å². The van der Waals surface area contributed by atoms with Crippen LogP contribution in [0.25, 0.3) is 0 Å². The highest BCUT2D eigenvalue weighted by Crippen LogP contribution is 2.48. The lowest BCUT2D eigenvalue weighted by Crippen LogP contribution is -3.12. The van der Waals surface area contributed by atoms with Crippen molar-refractivity contribution in [3.05, 3.63) is 59.7 Å². The third-order valence-corrected chi connectivity index (χ3v) is 13.2. The molecule has 1 saturated heterocycles. The summed E-state index contributed by atoms with van der Waals surface area (Å²) in [6.07, 6.45) is 9.77. The third-order valence-electron chi connectivity index (χ3n) is 9.48. The summed E-state index contributed by atoms with van der Waals surface area (Å²) >= 11 is 0. The molecule has 1 spiro atoms. The summed E-state index contributed by atoms with van der Waals surface area (Å²) in [7, 11) is -7.39. The van der Waals surface area contributed by atoms with Crippen molar-refractivity contribution in [1.29, 1.82) is 0 Å². The van der Waals surface area contributed by atoms with Gasteiger partial charge in [0.05, 0.1) is 29.4 Å². The number of aryl methyl sites for hydroxylation is 2. The Bertz CT molecular complexity index is 1270. The van der Waals surface area contributed by atoms with Crippen LogP contribution in [0.3, 0.4) is 0 Å². The predicted octanol–water partition coefficient (Wildman–Crippen LogP) is 4.02. The first kappa shape index (κ1) is 30.7. The maximum atomic E-state index is 13.9. The van der Waals surface area contributed by atoms with Crippen LogP contribution in [0.2, 0.25) is 0 Å². The molecule has 41 heavy (non-hydrogen) atoms. The van der Waals surface area contributed by atoms with Crippen molar-refractivity contribution in [1.82, 2.24) is 8.61 Å². The van der Waals surface area contributed by atoms with Crippen LogP contribution in [0.4, 0.5) is 0 Å². The van der Waals surface area contributed by atoms with Gasteiger partial charge < -0.3 is 4.90 Å². The molecule has 226 valence electrons. The molecule has 0 amide bonds. The van der Waals surface area contributed by atoms with Gasteiger partial charge in [-0.2, -0.15) is 8.61 Å². The molecule has 7 nitrogen and oxygen atoms in total. The average molecular weight is 603 g/mol. The SMILES string of the molecule is Cc1ccc(S(=O)(=O)N2CCC[NH+](CC3CCCCC3)CCCN(S(=O)(=O)c3ccc(C)cc3)CC3(CC3)C2)cc1.